The van der Waals surface area contributed by atoms with Gasteiger partial charge in [0.05, 0.1) is 0 Å². The van der Waals surface area contributed by atoms with Crippen molar-refractivity contribution in [2.45, 2.75) is 20.3 Å². The van der Waals surface area contributed by atoms with Crippen molar-refractivity contribution in [3.63, 3.8) is 0 Å². The summed E-state index contributed by atoms with van der Waals surface area (Å²) in [4.78, 5) is 9.06. The first-order valence-electron chi connectivity index (χ1n) is 5.81. The molecule has 96 valence electrons. The summed E-state index contributed by atoms with van der Waals surface area (Å²) < 4.78 is 0. The van der Waals surface area contributed by atoms with Gasteiger partial charge < -0.3 is 5.73 Å². The number of nitrogens with zero attached hydrogens (tertiary/aromatic N) is 2. The second-order valence-electron chi connectivity index (χ2n) is 4.18. The zero-order valence-electron chi connectivity index (χ0n) is 10.7. The average molecular weight is 264 g/mol. The van der Waals surface area contributed by atoms with Gasteiger partial charge in [0.1, 0.15) is 0 Å². The molecular formula is C14H18ClN3. The molecule has 0 fully saturated rings. The molecule has 2 N–H and O–H groups in total. The van der Waals surface area contributed by atoms with Crippen LogP contribution in [0.5, 0.6) is 0 Å². The highest BCUT2D eigenvalue weighted by Crippen LogP contribution is 2.19. The first kappa shape index (κ1) is 14.6. The van der Waals surface area contributed by atoms with Crippen LogP contribution in [-0.2, 0) is 6.42 Å². The fourth-order valence-corrected chi connectivity index (χ4v) is 1.85. The number of nitrogens with two attached hydrogens (primary N) is 1. The summed E-state index contributed by atoms with van der Waals surface area (Å²) >= 11 is 0. The van der Waals surface area contributed by atoms with E-state index in [0.717, 1.165) is 29.2 Å². The number of hydrogen-bond acceptors (Lipinski definition) is 3. The van der Waals surface area contributed by atoms with E-state index in [1.807, 2.05) is 25.1 Å². The van der Waals surface area contributed by atoms with Crippen LogP contribution >= 0.6 is 12.4 Å². The molecule has 1 heterocycles. The Kier molecular flexibility index (Phi) is 5.25. The van der Waals surface area contributed by atoms with Crippen LogP contribution < -0.4 is 5.73 Å². The molecule has 0 aliphatic heterocycles. The molecule has 0 aliphatic carbocycles. The standard InChI is InChI=1S/C14H17N3.ClH/c1-10-5-3-4-6-13(10)14-16-11(2)9-12(17-14)7-8-15;/h3-6,9H,7-8,15H2,1-2H3;1H. The van der Waals surface area contributed by atoms with Crippen molar-refractivity contribution in [3.05, 3.63) is 47.3 Å². The smallest absolute Gasteiger partial charge is 0.159 e. The summed E-state index contributed by atoms with van der Waals surface area (Å²) in [7, 11) is 0. The molecule has 0 saturated carbocycles. The Labute approximate surface area is 114 Å². The highest BCUT2D eigenvalue weighted by Gasteiger charge is 2.06. The van der Waals surface area contributed by atoms with E-state index in [1.54, 1.807) is 0 Å². The van der Waals surface area contributed by atoms with E-state index in [9.17, 15) is 0 Å². The Bertz CT molecular complexity index is 526. The monoisotopic (exact) mass is 263 g/mol. The molecule has 0 saturated heterocycles. The molecule has 18 heavy (non-hydrogen) atoms. The van der Waals surface area contributed by atoms with Crippen molar-refractivity contribution in [3.8, 4) is 11.4 Å². The molecule has 0 amide bonds. The predicted octanol–water partition coefficient (Wildman–Crippen LogP) is 2.68. The first-order chi connectivity index (χ1) is 8.20. The van der Waals surface area contributed by atoms with Crippen molar-refractivity contribution < 1.29 is 0 Å². The van der Waals surface area contributed by atoms with Crippen molar-refractivity contribution in [2.24, 2.45) is 5.73 Å². The fraction of sp³-hybridized carbons (Fsp3) is 0.286. The SMILES string of the molecule is Cc1cc(CCN)nc(-c2ccccc2C)n1.Cl. The molecule has 2 rings (SSSR count). The molecule has 0 unspecified atom stereocenters. The van der Waals surface area contributed by atoms with Gasteiger partial charge in [-0.05, 0) is 32.0 Å². The molecule has 0 aliphatic rings. The van der Waals surface area contributed by atoms with Crippen LogP contribution in [-0.4, -0.2) is 16.5 Å². The normalized spacial score (nSPS) is 9.94. The van der Waals surface area contributed by atoms with Crippen molar-refractivity contribution >= 4 is 12.4 Å². The lowest BCUT2D eigenvalue weighted by molar-refractivity contribution is 0.904. The second kappa shape index (κ2) is 6.47. The molecular weight excluding hydrogens is 246 g/mol. The Hall–Kier alpha value is -1.45. The number of aromatic nitrogens is 2. The van der Waals surface area contributed by atoms with Gasteiger partial charge in [0.25, 0.3) is 0 Å². The lowest BCUT2D eigenvalue weighted by Crippen LogP contribution is -2.06. The summed E-state index contributed by atoms with van der Waals surface area (Å²) in [6.07, 6.45) is 0.794. The molecule has 1 aromatic carbocycles. The van der Waals surface area contributed by atoms with Gasteiger partial charge in [-0.3, -0.25) is 0 Å². The van der Waals surface area contributed by atoms with E-state index < -0.39 is 0 Å². The van der Waals surface area contributed by atoms with Gasteiger partial charge in [0, 0.05) is 23.4 Å². The summed E-state index contributed by atoms with van der Waals surface area (Å²) in [5.41, 5.74) is 9.85. The second-order valence-corrected chi connectivity index (χ2v) is 4.18. The molecule has 0 bridgehead atoms. The molecule has 3 nitrogen and oxygen atoms in total. The first-order valence-corrected chi connectivity index (χ1v) is 5.81. The molecule has 0 radical (unpaired) electrons. The Morgan fingerprint density at radius 2 is 1.83 bits per heavy atom. The van der Waals surface area contributed by atoms with Gasteiger partial charge in [-0.25, -0.2) is 9.97 Å². The maximum Gasteiger partial charge on any atom is 0.159 e. The minimum absolute atomic E-state index is 0. The maximum atomic E-state index is 5.57. The fourth-order valence-electron chi connectivity index (χ4n) is 1.85. The van der Waals surface area contributed by atoms with Crippen molar-refractivity contribution in [1.29, 1.82) is 0 Å². The quantitative estimate of drug-likeness (QED) is 0.926. The highest BCUT2D eigenvalue weighted by atomic mass is 35.5. The third kappa shape index (κ3) is 3.28. The molecule has 0 spiro atoms. The van der Waals surface area contributed by atoms with Gasteiger partial charge in [-0.15, -0.1) is 12.4 Å². The number of rotatable bonds is 3. The van der Waals surface area contributed by atoms with Gasteiger partial charge in [-0.1, -0.05) is 24.3 Å². The van der Waals surface area contributed by atoms with Crippen LogP contribution in [0.25, 0.3) is 11.4 Å². The third-order valence-corrected chi connectivity index (χ3v) is 2.69. The molecule has 2 aromatic rings. The van der Waals surface area contributed by atoms with Crippen molar-refractivity contribution in [2.75, 3.05) is 6.54 Å². The minimum Gasteiger partial charge on any atom is -0.330 e. The number of hydrogen-bond donors (Lipinski definition) is 1. The van der Waals surface area contributed by atoms with E-state index >= 15 is 0 Å². The van der Waals surface area contributed by atoms with E-state index in [-0.39, 0.29) is 12.4 Å². The molecule has 0 atom stereocenters. The van der Waals surface area contributed by atoms with Crippen LogP contribution in [0.15, 0.2) is 30.3 Å². The van der Waals surface area contributed by atoms with E-state index in [1.165, 1.54) is 5.56 Å². The number of benzene rings is 1. The predicted molar refractivity (Wildman–Crippen MR) is 76.9 cm³/mol. The largest absolute Gasteiger partial charge is 0.330 e. The van der Waals surface area contributed by atoms with Crippen LogP contribution in [0.1, 0.15) is 17.0 Å². The van der Waals surface area contributed by atoms with Crippen LogP contribution in [0.3, 0.4) is 0 Å². The van der Waals surface area contributed by atoms with Crippen molar-refractivity contribution in [1.82, 2.24) is 9.97 Å². The van der Waals surface area contributed by atoms with E-state index in [4.69, 9.17) is 5.73 Å². The summed E-state index contributed by atoms with van der Waals surface area (Å²) in [6.45, 7) is 4.68. The van der Waals surface area contributed by atoms with Gasteiger partial charge in [-0.2, -0.15) is 0 Å². The van der Waals surface area contributed by atoms with E-state index in [0.29, 0.717) is 6.54 Å². The summed E-state index contributed by atoms with van der Waals surface area (Å²) in [5.74, 6) is 0.798. The zero-order valence-corrected chi connectivity index (χ0v) is 11.5. The third-order valence-electron chi connectivity index (χ3n) is 2.69. The van der Waals surface area contributed by atoms with Crippen LogP contribution in [0.2, 0.25) is 0 Å². The van der Waals surface area contributed by atoms with Gasteiger partial charge in [0.15, 0.2) is 5.82 Å². The average Bonchev–Trinajstić information content (AvgIpc) is 2.29. The lowest BCUT2D eigenvalue weighted by atomic mass is 10.1. The Morgan fingerprint density at radius 3 is 2.50 bits per heavy atom. The lowest BCUT2D eigenvalue weighted by Gasteiger charge is -2.07. The highest BCUT2D eigenvalue weighted by molar-refractivity contribution is 5.85. The van der Waals surface area contributed by atoms with Crippen LogP contribution in [0, 0.1) is 13.8 Å². The van der Waals surface area contributed by atoms with E-state index in [2.05, 4.69) is 29.0 Å². The van der Waals surface area contributed by atoms with Gasteiger partial charge >= 0.3 is 0 Å². The topological polar surface area (TPSA) is 51.8 Å². The van der Waals surface area contributed by atoms with Crippen LogP contribution in [0.4, 0.5) is 0 Å². The summed E-state index contributed by atoms with van der Waals surface area (Å²) in [6, 6.07) is 10.2. The Balaban J connectivity index is 0.00000162. The molecule has 4 heteroatoms. The maximum absolute atomic E-state index is 5.57. The Morgan fingerprint density at radius 1 is 1.11 bits per heavy atom. The minimum atomic E-state index is 0. The number of halogens is 1. The summed E-state index contributed by atoms with van der Waals surface area (Å²) in [5, 5.41) is 0. The number of aryl methyl sites for hydroxylation is 2. The van der Waals surface area contributed by atoms with Gasteiger partial charge in [0.2, 0.25) is 0 Å². The molecule has 1 aromatic heterocycles. The zero-order chi connectivity index (χ0) is 12.3.